The minimum Gasteiger partial charge on any atom is -0.492 e. The SMILES string of the molecule is COC(=O)C(Cc1ccc(OCCNc2ccccc2N)cc1)Nc1ccccc1C(=O)c1ccccc1. The summed E-state index contributed by atoms with van der Waals surface area (Å²) in [7, 11) is 1.35. The molecule has 0 heterocycles. The molecule has 1 atom stereocenters. The smallest absolute Gasteiger partial charge is 0.328 e. The molecule has 0 radical (unpaired) electrons. The van der Waals surface area contributed by atoms with Gasteiger partial charge in [-0.1, -0.05) is 66.7 Å². The lowest BCUT2D eigenvalue weighted by atomic mass is 10.00. The molecule has 4 rings (SSSR count). The highest BCUT2D eigenvalue weighted by Crippen LogP contribution is 2.22. The van der Waals surface area contributed by atoms with Crippen LogP contribution < -0.4 is 21.1 Å². The number of ether oxygens (including phenoxy) is 2. The van der Waals surface area contributed by atoms with E-state index in [0.29, 0.717) is 42.1 Å². The summed E-state index contributed by atoms with van der Waals surface area (Å²) in [6.07, 6.45) is 0.371. The first-order chi connectivity index (χ1) is 18.5. The topological polar surface area (TPSA) is 103 Å². The van der Waals surface area contributed by atoms with Crippen LogP contribution in [0.15, 0.2) is 103 Å². The van der Waals surface area contributed by atoms with Gasteiger partial charge in [-0.2, -0.15) is 0 Å². The Morgan fingerprint density at radius 2 is 1.47 bits per heavy atom. The molecule has 7 heteroatoms. The summed E-state index contributed by atoms with van der Waals surface area (Å²) >= 11 is 0. The molecule has 0 bridgehead atoms. The molecule has 0 aliphatic heterocycles. The number of nitrogens with one attached hydrogen (secondary N) is 2. The van der Waals surface area contributed by atoms with Crippen molar-refractivity contribution in [3.05, 3.63) is 120 Å². The van der Waals surface area contributed by atoms with Crippen LogP contribution in [0.1, 0.15) is 21.5 Å². The van der Waals surface area contributed by atoms with Gasteiger partial charge >= 0.3 is 5.97 Å². The number of ketones is 1. The van der Waals surface area contributed by atoms with Crippen LogP contribution in [0, 0.1) is 0 Å². The maximum atomic E-state index is 13.1. The summed E-state index contributed by atoms with van der Waals surface area (Å²) in [5.41, 5.74) is 10.1. The zero-order valence-corrected chi connectivity index (χ0v) is 21.2. The van der Waals surface area contributed by atoms with Crippen molar-refractivity contribution in [2.24, 2.45) is 0 Å². The van der Waals surface area contributed by atoms with Crippen molar-refractivity contribution in [2.75, 3.05) is 36.6 Å². The minimum atomic E-state index is -0.683. The van der Waals surface area contributed by atoms with Gasteiger partial charge in [0.05, 0.1) is 18.5 Å². The molecule has 0 saturated carbocycles. The summed E-state index contributed by atoms with van der Waals surface area (Å²) < 4.78 is 10.9. The Morgan fingerprint density at radius 1 is 0.816 bits per heavy atom. The molecular weight excluding hydrogens is 478 g/mol. The molecule has 4 aromatic carbocycles. The lowest BCUT2D eigenvalue weighted by Crippen LogP contribution is -2.33. The number of nitrogen functional groups attached to an aromatic ring is 1. The lowest BCUT2D eigenvalue weighted by molar-refractivity contribution is -0.141. The number of hydrogen-bond donors (Lipinski definition) is 3. The van der Waals surface area contributed by atoms with Crippen LogP contribution in [-0.2, 0) is 16.0 Å². The van der Waals surface area contributed by atoms with E-state index in [0.717, 1.165) is 17.0 Å². The second-order valence-corrected chi connectivity index (χ2v) is 8.67. The van der Waals surface area contributed by atoms with Gasteiger partial charge in [0.1, 0.15) is 18.4 Å². The van der Waals surface area contributed by atoms with Gasteiger partial charge in [0.25, 0.3) is 0 Å². The van der Waals surface area contributed by atoms with E-state index in [1.54, 1.807) is 30.3 Å². The molecule has 0 fully saturated rings. The van der Waals surface area contributed by atoms with E-state index in [1.165, 1.54) is 7.11 Å². The first kappa shape index (κ1) is 26.3. The quantitative estimate of drug-likeness (QED) is 0.105. The van der Waals surface area contributed by atoms with E-state index in [2.05, 4.69) is 10.6 Å². The number of nitrogens with two attached hydrogens (primary N) is 1. The van der Waals surface area contributed by atoms with Gasteiger partial charge in [0.15, 0.2) is 5.78 Å². The third-order valence-electron chi connectivity index (χ3n) is 6.03. The van der Waals surface area contributed by atoms with Gasteiger partial charge in [0, 0.05) is 29.8 Å². The molecule has 0 saturated heterocycles. The molecule has 7 nitrogen and oxygen atoms in total. The first-order valence-corrected chi connectivity index (χ1v) is 12.4. The van der Waals surface area contributed by atoms with E-state index in [9.17, 15) is 9.59 Å². The zero-order chi connectivity index (χ0) is 26.7. The number of carbonyl (C=O) groups excluding carboxylic acids is 2. The Kier molecular flexibility index (Phi) is 8.97. The van der Waals surface area contributed by atoms with Crippen LogP contribution in [0.25, 0.3) is 0 Å². The Hall–Kier alpha value is -4.78. The van der Waals surface area contributed by atoms with Crippen LogP contribution >= 0.6 is 0 Å². The Balaban J connectivity index is 1.38. The van der Waals surface area contributed by atoms with Crippen LogP contribution in [0.4, 0.5) is 17.1 Å². The summed E-state index contributed by atoms with van der Waals surface area (Å²) in [6.45, 7) is 1.07. The van der Waals surface area contributed by atoms with Gasteiger partial charge < -0.3 is 25.8 Å². The molecule has 38 heavy (non-hydrogen) atoms. The molecule has 0 aromatic heterocycles. The van der Waals surface area contributed by atoms with Crippen LogP contribution in [0.2, 0.25) is 0 Å². The summed E-state index contributed by atoms with van der Waals surface area (Å²) in [6, 6.07) is 30.7. The highest BCUT2D eigenvalue weighted by atomic mass is 16.5. The fourth-order valence-corrected chi connectivity index (χ4v) is 4.05. The third-order valence-corrected chi connectivity index (χ3v) is 6.03. The first-order valence-electron chi connectivity index (χ1n) is 12.4. The van der Waals surface area contributed by atoms with Gasteiger partial charge in [0.2, 0.25) is 0 Å². The third kappa shape index (κ3) is 6.91. The van der Waals surface area contributed by atoms with Crippen LogP contribution in [0.5, 0.6) is 5.75 Å². The number of hydrogen-bond acceptors (Lipinski definition) is 7. The Bertz CT molecular complexity index is 1360. The minimum absolute atomic E-state index is 0.122. The predicted molar refractivity (Wildman–Crippen MR) is 151 cm³/mol. The molecular formula is C31H31N3O4. The lowest BCUT2D eigenvalue weighted by Gasteiger charge is -2.20. The number of methoxy groups -OCH3 is 1. The van der Waals surface area contributed by atoms with Gasteiger partial charge in [-0.25, -0.2) is 4.79 Å². The van der Waals surface area contributed by atoms with E-state index in [-0.39, 0.29) is 5.78 Å². The largest absolute Gasteiger partial charge is 0.492 e. The van der Waals surface area contributed by atoms with Gasteiger partial charge in [-0.15, -0.1) is 0 Å². The van der Waals surface area contributed by atoms with E-state index in [1.807, 2.05) is 72.8 Å². The van der Waals surface area contributed by atoms with Crippen LogP contribution in [0.3, 0.4) is 0 Å². The highest BCUT2D eigenvalue weighted by molar-refractivity contribution is 6.12. The number of carbonyl (C=O) groups is 2. The zero-order valence-electron chi connectivity index (χ0n) is 21.2. The molecule has 4 aromatic rings. The molecule has 0 amide bonds. The van der Waals surface area contributed by atoms with E-state index in [4.69, 9.17) is 15.2 Å². The van der Waals surface area contributed by atoms with E-state index < -0.39 is 12.0 Å². The fraction of sp³-hybridized carbons (Fsp3) is 0.161. The predicted octanol–water partition coefficient (Wildman–Crippen LogP) is 5.19. The second kappa shape index (κ2) is 13.0. The van der Waals surface area contributed by atoms with Crippen molar-refractivity contribution < 1.29 is 19.1 Å². The number of benzene rings is 4. The van der Waals surface area contributed by atoms with Crippen molar-refractivity contribution in [3.63, 3.8) is 0 Å². The number of para-hydroxylation sites is 3. The standard InChI is InChI=1S/C31H31N3O4/c1-37-31(36)29(34-27-13-7-5-11-25(27)30(35)23-9-3-2-4-10-23)21-22-15-17-24(18-16-22)38-20-19-33-28-14-8-6-12-26(28)32/h2-18,29,33-34H,19-21,32H2,1H3. The van der Waals surface area contributed by atoms with E-state index >= 15 is 0 Å². The molecule has 0 aliphatic rings. The molecule has 0 aliphatic carbocycles. The summed E-state index contributed by atoms with van der Waals surface area (Å²) in [5, 5.41) is 6.48. The summed E-state index contributed by atoms with van der Waals surface area (Å²) in [5.74, 6) is 0.180. The van der Waals surface area contributed by atoms with Crippen molar-refractivity contribution in [3.8, 4) is 5.75 Å². The fourth-order valence-electron chi connectivity index (χ4n) is 4.05. The maximum Gasteiger partial charge on any atom is 0.328 e. The highest BCUT2D eigenvalue weighted by Gasteiger charge is 2.22. The molecule has 0 spiro atoms. The normalized spacial score (nSPS) is 11.3. The average molecular weight is 510 g/mol. The monoisotopic (exact) mass is 509 g/mol. The Morgan fingerprint density at radius 3 is 2.18 bits per heavy atom. The Labute approximate surface area is 222 Å². The number of esters is 1. The second-order valence-electron chi connectivity index (χ2n) is 8.67. The van der Waals surface area contributed by atoms with Gasteiger partial charge in [-0.05, 0) is 42.0 Å². The molecule has 194 valence electrons. The van der Waals surface area contributed by atoms with Crippen molar-refractivity contribution in [1.82, 2.24) is 0 Å². The van der Waals surface area contributed by atoms with Crippen LogP contribution in [-0.4, -0.2) is 38.1 Å². The van der Waals surface area contributed by atoms with Gasteiger partial charge in [-0.3, -0.25) is 4.79 Å². The molecule has 4 N–H and O–H groups in total. The van der Waals surface area contributed by atoms with Crippen molar-refractivity contribution >= 4 is 28.8 Å². The average Bonchev–Trinajstić information content (AvgIpc) is 2.96. The number of rotatable bonds is 12. The number of anilines is 3. The summed E-state index contributed by atoms with van der Waals surface area (Å²) in [4.78, 5) is 25.8. The maximum absolute atomic E-state index is 13.1. The van der Waals surface area contributed by atoms with Crippen molar-refractivity contribution in [2.45, 2.75) is 12.5 Å². The molecule has 1 unspecified atom stereocenters. The van der Waals surface area contributed by atoms with Crippen molar-refractivity contribution in [1.29, 1.82) is 0 Å².